The van der Waals surface area contributed by atoms with E-state index in [0.717, 1.165) is 50.6 Å². The quantitative estimate of drug-likeness (QED) is 0.775. The van der Waals surface area contributed by atoms with Gasteiger partial charge in [0.2, 0.25) is 0 Å². The Labute approximate surface area is 163 Å². The van der Waals surface area contributed by atoms with Gasteiger partial charge in [0.25, 0.3) is 5.91 Å². The Morgan fingerprint density at radius 1 is 1.24 bits per heavy atom. The number of nitrogens with zero attached hydrogens (tertiary/aromatic N) is 2. The van der Waals surface area contributed by atoms with E-state index in [9.17, 15) is 4.79 Å². The van der Waals surface area contributed by atoms with Crippen molar-refractivity contribution in [3.05, 3.63) is 29.8 Å². The van der Waals surface area contributed by atoms with Crippen molar-refractivity contribution >= 4 is 30.7 Å². The molecule has 7 heteroatoms. The third-order valence-corrected chi connectivity index (χ3v) is 4.33. The lowest BCUT2D eigenvalue weighted by Gasteiger charge is -2.32. The van der Waals surface area contributed by atoms with Gasteiger partial charge < -0.3 is 19.9 Å². The number of amides is 1. The molecule has 1 aromatic rings. The highest BCUT2D eigenvalue weighted by Gasteiger charge is 2.21. The van der Waals surface area contributed by atoms with Crippen molar-refractivity contribution in [1.82, 2.24) is 15.1 Å². The van der Waals surface area contributed by atoms with E-state index in [1.807, 2.05) is 29.2 Å². The number of rotatable bonds is 7. The van der Waals surface area contributed by atoms with Crippen LogP contribution in [0, 0.1) is 0 Å². The van der Waals surface area contributed by atoms with E-state index < -0.39 is 0 Å². The first-order chi connectivity index (χ1) is 11.1. The maximum Gasteiger partial charge on any atom is 0.253 e. The minimum absolute atomic E-state index is 0. The summed E-state index contributed by atoms with van der Waals surface area (Å²) in [5, 5.41) is 3.35. The summed E-state index contributed by atoms with van der Waals surface area (Å²) in [5.41, 5.74) is 0.732. The Morgan fingerprint density at radius 3 is 2.44 bits per heavy atom. The molecule has 1 saturated heterocycles. The van der Waals surface area contributed by atoms with Gasteiger partial charge in [-0.2, -0.15) is 0 Å². The summed E-state index contributed by atoms with van der Waals surface area (Å²) in [4.78, 5) is 16.7. The molecule has 1 atom stereocenters. The van der Waals surface area contributed by atoms with Crippen LogP contribution in [0.3, 0.4) is 0 Å². The van der Waals surface area contributed by atoms with Gasteiger partial charge in [-0.3, -0.25) is 4.79 Å². The zero-order chi connectivity index (χ0) is 16.7. The van der Waals surface area contributed by atoms with E-state index in [1.165, 1.54) is 0 Å². The van der Waals surface area contributed by atoms with Crippen molar-refractivity contribution in [2.24, 2.45) is 0 Å². The minimum Gasteiger partial charge on any atom is -0.492 e. The van der Waals surface area contributed by atoms with Gasteiger partial charge in [-0.05, 0) is 44.3 Å². The lowest BCUT2D eigenvalue weighted by Crippen LogP contribution is -2.51. The Bertz CT molecular complexity index is 496. The second kappa shape index (κ2) is 12.4. The lowest BCUT2D eigenvalue weighted by molar-refractivity contribution is 0.0709. The first kappa shape index (κ1) is 24.0. The molecule has 144 valence electrons. The number of carbonyl (C=O) groups excluding carboxylic acids is 1. The number of piperazine rings is 1. The molecule has 0 radical (unpaired) electrons. The molecule has 1 fully saturated rings. The van der Waals surface area contributed by atoms with E-state index in [-0.39, 0.29) is 30.7 Å². The third-order valence-electron chi connectivity index (χ3n) is 4.33. The van der Waals surface area contributed by atoms with Crippen LogP contribution in [0.15, 0.2) is 24.3 Å². The Morgan fingerprint density at radius 2 is 1.88 bits per heavy atom. The van der Waals surface area contributed by atoms with Crippen molar-refractivity contribution in [2.75, 3.05) is 45.9 Å². The predicted molar refractivity (Wildman–Crippen MR) is 108 cm³/mol. The standard InChI is InChI=1S/C18H29N3O2.2ClH/c1-4-20(5-2)12-13-23-17-8-6-16(7-9-17)18(22)21-11-10-19-15(3)14-21;;/h6-9,15,19H,4-5,10-14H2,1-3H3;2*1H. The summed E-state index contributed by atoms with van der Waals surface area (Å²) in [5.74, 6) is 0.926. The number of nitrogens with one attached hydrogen (secondary N) is 1. The zero-order valence-corrected chi connectivity index (χ0v) is 17.0. The summed E-state index contributed by atoms with van der Waals surface area (Å²) in [6, 6.07) is 7.86. The summed E-state index contributed by atoms with van der Waals surface area (Å²) in [6.07, 6.45) is 0. The third kappa shape index (κ3) is 7.40. The Kier molecular flexibility index (Phi) is 11.9. The fourth-order valence-corrected chi connectivity index (χ4v) is 2.83. The van der Waals surface area contributed by atoms with Gasteiger partial charge in [0.05, 0.1) is 0 Å². The smallest absolute Gasteiger partial charge is 0.253 e. The van der Waals surface area contributed by atoms with Crippen LogP contribution in [0.5, 0.6) is 5.75 Å². The lowest BCUT2D eigenvalue weighted by atomic mass is 10.1. The minimum atomic E-state index is 0. The SMILES string of the molecule is CCN(CC)CCOc1ccc(C(=O)N2CCNC(C)C2)cc1.Cl.Cl. The molecule has 5 nitrogen and oxygen atoms in total. The van der Waals surface area contributed by atoms with Crippen molar-refractivity contribution < 1.29 is 9.53 Å². The number of benzene rings is 1. The van der Waals surface area contributed by atoms with Crippen LogP contribution >= 0.6 is 24.8 Å². The van der Waals surface area contributed by atoms with Gasteiger partial charge in [0.1, 0.15) is 12.4 Å². The highest BCUT2D eigenvalue weighted by molar-refractivity contribution is 5.94. The van der Waals surface area contributed by atoms with Gasteiger partial charge in [0.15, 0.2) is 0 Å². The molecule has 1 unspecified atom stereocenters. The molecule has 0 saturated carbocycles. The Hall–Kier alpha value is -1.01. The molecule has 25 heavy (non-hydrogen) atoms. The molecule has 1 aliphatic rings. The van der Waals surface area contributed by atoms with Gasteiger partial charge in [0, 0.05) is 37.8 Å². The van der Waals surface area contributed by atoms with Crippen LogP contribution in [0.2, 0.25) is 0 Å². The van der Waals surface area contributed by atoms with Crippen LogP contribution in [0.4, 0.5) is 0 Å². The summed E-state index contributed by atoms with van der Waals surface area (Å²) >= 11 is 0. The van der Waals surface area contributed by atoms with Gasteiger partial charge in [-0.25, -0.2) is 0 Å². The van der Waals surface area contributed by atoms with Crippen LogP contribution in [-0.2, 0) is 0 Å². The fraction of sp³-hybridized carbons (Fsp3) is 0.611. The molecule has 1 aliphatic heterocycles. The van der Waals surface area contributed by atoms with Crippen molar-refractivity contribution in [1.29, 1.82) is 0 Å². The number of likely N-dealkylation sites (N-methyl/N-ethyl adjacent to an activating group) is 1. The predicted octanol–water partition coefficient (Wildman–Crippen LogP) is 2.68. The summed E-state index contributed by atoms with van der Waals surface area (Å²) < 4.78 is 5.76. The molecule has 0 aliphatic carbocycles. The highest BCUT2D eigenvalue weighted by Crippen LogP contribution is 2.14. The molecular weight excluding hydrogens is 361 g/mol. The second-order valence-corrected chi connectivity index (χ2v) is 6.01. The van der Waals surface area contributed by atoms with Crippen LogP contribution in [0.1, 0.15) is 31.1 Å². The Balaban J connectivity index is 0.00000288. The van der Waals surface area contributed by atoms with E-state index in [2.05, 4.69) is 31.0 Å². The fourth-order valence-electron chi connectivity index (χ4n) is 2.83. The van der Waals surface area contributed by atoms with Crippen molar-refractivity contribution in [3.63, 3.8) is 0 Å². The number of halogens is 2. The maximum atomic E-state index is 12.5. The molecule has 1 N–H and O–H groups in total. The van der Waals surface area contributed by atoms with Gasteiger partial charge >= 0.3 is 0 Å². The molecular formula is C18H31Cl2N3O2. The zero-order valence-electron chi connectivity index (χ0n) is 15.4. The van der Waals surface area contributed by atoms with Crippen LogP contribution in [0.25, 0.3) is 0 Å². The van der Waals surface area contributed by atoms with Crippen LogP contribution in [-0.4, -0.2) is 67.6 Å². The number of hydrogen-bond donors (Lipinski definition) is 1. The van der Waals surface area contributed by atoms with Gasteiger partial charge in [-0.15, -0.1) is 24.8 Å². The average molecular weight is 392 g/mol. The molecule has 0 bridgehead atoms. The molecule has 1 amide bonds. The topological polar surface area (TPSA) is 44.8 Å². The summed E-state index contributed by atoms with van der Waals surface area (Å²) in [6.45, 7) is 12.5. The second-order valence-electron chi connectivity index (χ2n) is 6.01. The van der Waals surface area contributed by atoms with E-state index >= 15 is 0 Å². The summed E-state index contributed by atoms with van der Waals surface area (Å²) in [7, 11) is 0. The maximum absolute atomic E-state index is 12.5. The van der Waals surface area contributed by atoms with Crippen molar-refractivity contribution in [3.8, 4) is 5.75 Å². The average Bonchev–Trinajstić information content (AvgIpc) is 2.59. The van der Waals surface area contributed by atoms with Crippen LogP contribution < -0.4 is 10.1 Å². The monoisotopic (exact) mass is 391 g/mol. The molecule has 0 spiro atoms. The first-order valence-corrected chi connectivity index (χ1v) is 8.62. The molecule has 1 aromatic carbocycles. The molecule has 0 aromatic heterocycles. The first-order valence-electron chi connectivity index (χ1n) is 8.62. The number of hydrogen-bond acceptors (Lipinski definition) is 4. The van der Waals surface area contributed by atoms with E-state index in [0.29, 0.717) is 12.6 Å². The normalized spacial score (nSPS) is 16.8. The number of ether oxygens (including phenoxy) is 1. The van der Waals surface area contributed by atoms with E-state index in [1.54, 1.807) is 0 Å². The van der Waals surface area contributed by atoms with Gasteiger partial charge in [-0.1, -0.05) is 13.8 Å². The highest BCUT2D eigenvalue weighted by atomic mass is 35.5. The largest absolute Gasteiger partial charge is 0.492 e. The van der Waals surface area contributed by atoms with E-state index in [4.69, 9.17) is 4.74 Å². The molecule has 2 rings (SSSR count). The van der Waals surface area contributed by atoms with Crippen molar-refractivity contribution in [2.45, 2.75) is 26.8 Å². The number of carbonyl (C=O) groups is 1. The molecule has 1 heterocycles.